The predicted molar refractivity (Wildman–Crippen MR) is 72.5 cm³/mol. The van der Waals surface area contributed by atoms with Crippen molar-refractivity contribution >= 4 is 23.4 Å². The molecule has 0 bridgehead atoms. The molecule has 1 aliphatic rings. The van der Waals surface area contributed by atoms with Crippen molar-refractivity contribution in [2.75, 3.05) is 30.9 Å². The second-order valence-corrected chi connectivity index (χ2v) is 4.96. The standard InChI is InChI=1S/C13H14N2O3S/c1-19-12-4-2-3-10(9(12)7-14)15-5-6-18-11(8-15)13(16)17/h2-4,11H,5-6,8H2,1H3,(H,16,17). The van der Waals surface area contributed by atoms with Gasteiger partial charge in [-0.1, -0.05) is 6.07 Å². The third-order valence-electron chi connectivity index (χ3n) is 3.02. The van der Waals surface area contributed by atoms with Crippen molar-refractivity contribution < 1.29 is 14.6 Å². The Bertz CT molecular complexity index is 527. The van der Waals surface area contributed by atoms with Crippen molar-refractivity contribution in [1.82, 2.24) is 0 Å². The van der Waals surface area contributed by atoms with Crippen LogP contribution >= 0.6 is 11.8 Å². The average Bonchev–Trinajstić information content (AvgIpc) is 2.46. The smallest absolute Gasteiger partial charge is 0.334 e. The first-order chi connectivity index (χ1) is 9.17. The van der Waals surface area contributed by atoms with Crippen LogP contribution in [0.2, 0.25) is 0 Å². The van der Waals surface area contributed by atoms with E-state index in [4.69, 9.17) is 9.84 Å². The van der Waals surface area contributed by atoms with E-state index in [0.29, 0.717) is 18.7 Å². The van der Waals surface area contributed by atoms with Gasteiger partial charge in [0.25, 0.3) is 0 Å². The first-order valence-electron chi connectivity index (χ1n) is 5.84. The molecule has 0 saturated carbocycles. The molecule has 1 aromatic rings. The molecule has 1 aromatic carbocycles. The highest BCUT2D eigenvalue weighted by Crippen LogP contribution is 2.30. The number of hydrogen-bond acceptors (Lipinski definition) is 5. The maximum atomic E-state index is 11.0. The molecule has 1 atom stereocenters. The van der Waals surface area contributed by atoms with Gasteiger partial charge in [0.2, 0.25) is 0 Å². The summed E-state index contributed by atoms with van der Waals surface area (Å²) in [5, 5.41) is 18.3. The lowest BCUT2D eigenvalue weighted by Gasteiger charge is -2.33. The number of thioether (sulfide) groups is 1. The molecule has 0 aromatic heterocycles. The summed E-state index contributed by atoms with van der Waals surface area (Å²) in [6.45, 7) is 1.21. The molecule has 19 heavy (non-hydrogen) atoms. The second-order valence-electron chi connectivity index (χ2n) is 4.11. The predicted octanol–water partition coefficient (Wildman–Crippen LogP) is 1.57. The van der Waals surface area contributed by atoms with E-state index in [9.17, 15) is 10.1 Å². The summed E-state index contributed by atoms with van der Waals surface area (Å²) in [5.41, 5.74) is 1.38. The molecule has 0 aliphatic carbocycles. The molecule has 2 rings (SSSR count). The van der Waals surface area contributed by atoms with Crippen molar-refractivity contribution in [2.24, 2.45) is 0 Å². The van der Waals surface area contributed by atoms with Crippen LogP contribution in [0.5, 0.6) is 0 Å². The molecular formula is C13H14N2O3S. The third kappa shape index (κ3) is 2.83. The van der Waals surface area contributed by atoms with E-state index in [1.807, 2.05) is 29.4 Å². The van der Waals surface area contributed by atoms with E-state index in [2.05, 4.69) is 6.07 Å². The van der Waals surface area contributed by atoms with Crippen molar-refractivity contribution in [3.63, 3.8) is 0 Å². The number of ether oxygens (including phenoxy) is 1. The maximum absolute atomic E-state index is 11.0. The topological polar surface area (TPSA) is 73.6 Å². The minimum atomic E-state index is -0.968. The van der Waals surface area contributed by atoms with Crippen molar-refractivity contribution in [3.05, 3.63) is 23.8 Å². The van der Waals surface area contributed by atoms with E-state index in [0.717, 1.165) is 10.6 Å². The van der Waals surface area contributed by atoms with E-state index < -0.39 is 12.1 Å². The molecule has 5 nitrogen and oxygen atoms in total. The molecule has 1 fully saturated rings. The maximum Gasteiger partial charge on any atom is 0.334 e. The monoisotopic (exact) mass is 278 g/mol. The Labute approximate surface area is 115 Å². The molecule has 6 heteroatoms. The lowest BCUT2D eigenvalue weighted by Crippen LogP contribution is -2.46. The summed E-state index contributed by atoms with van der Waals surface area (Å²) in [5.74, 6) is -0.968. The molecule has 100 valence electrons. The van der Waals surface area contributed by atoms with Crippen LogP contribution in [-0.2, 0) is 9.53 Å². The van der Waals surface area contributed by atoms with Crippen molar-refractivity contribution in [2.45, 2.75) is 11.0 Å². The fraction of sp³-hybridized carbons (Fsp3) is 0.385. The van der Waals surface area contributed by atoms with Crippen LogP contribution in [0.1, 0.15) is 5.56 Å². The van der Waals surface area contributed by atoms with Gasteiger partial charge >= 0.3 is 5.97 Å². The quantitative estimate of drug-likeness (QED) is 0.846. The molecule has 1 N–H and O–H groups in total. The van der Waals surface area contributed by atoms with Crippen molar-refractivity contribution in [1.29, 1.82) is 5.26 Å². The molecular weight excluding hydrogens is 264 g/mol. The highest BCUT2D eigenvalue weighted by molar-refractivity contribution is 7.98. The van der Waals surface area contributed by atoms with Crippen LogP contribution < -0.4 is 4.90 Å². The van der Waals surface area contributed by atoms with Gasteiger partial charge in [0.1, 0.15) is 6.07 Å². The van der Waals surface area contributed by atoms with Crippen LogP contribution in [0, 0.1) is 11.3 Å². The van der Waals surface area contributed by atoms with E-state index in [-0.39, 0.29) is 6.54 Å². The average molecular weight is 278 g/mol. The number of anilines is 1. The van der Waals surface area contributed by atoms with Crippen LogP contribution in [-0.4, -0.2) is 43.1 Å². The first kappa shape index (κ1) is 13.7. The van der Waals surface area contributed by atoms with E-state index >= 15 is 0 Å². The number of carboxylic acids is 1. The van der Waals surface area contributed by atoms with Crippen LogP contribution in [0.15, 0.2) is 23.1 Å². The third-order valence-corrected chi connectivity index (χ3v) is 3.80. The SMILES string of the molecule is CSc1cccc(N2CCOC(C(=O)O)C2)c1C#N. The van der Waals surface area contributed by atoms with Gasteiger partial charge in [-0.25, -0.2) is 4.79 Å². The Morgan fingerprint density at radius 1 is 1.63 bits per heavy atom. The molecule has 0 spiro atoms. The number of morpholine rings is 1. The first-order valence-corrected chi connectivity index (χ1v) is 7.06. The molecule has 0 amide bonds. The Morgan fingerprint density at radius 3 is 3.05 bits per heavy atom. The highest BCUT2D eigenvalue weighted by atomic mass is 32.2. The van der Waals surface area contributed by atoms with Crippen LogP contribution in [0.4, 0.5) is 5.69 Å². The van der Waals surface area contributed by atoms with E-state index in [1.165, 1.54) is 11.8 Å². The van der Waals surface area contributed by atoms with Crippen LogP contribution in [0.25, 0.3) is 0 Å². The fourth-order valence-corrected chi connectivity index (χ4v) is 2.65. The summed E-state index contributed by atoms with van der Waals surface area (Å²) >= 11 is 1.51. The number of nitrogens with zero attached hydrogens (tertiary/aromatic N) is 2. The molecule has 1 heterocycles. The zero-order chi connectivity index (χ0) is 13.8. The Kier molecular flexibility index (Phi) is 4.30. The zero-order valence-electron chi connectivity index (χ0n) is 10.5. The summed E-state index contributed by atoms with van der Waals surface area (Å²) in [7, 11) is 0. The van der Waals surface area contributed by atoms with Gasteiger partial charge in [-0.05, 0) is 18.4 Å². The fourth-order valence-electron chi connectivity index (χ4n) is 2.08. The van der Waals surface area contributed by atoms with Crippen molar-refractivity contribution in [3.8, 4) is 6.07 Å². The van der Waals surface area contributed by atoms with Gasteiger partial charge < -0.3 is 14.7 Å². The number of hydrogen-bond donors (Lipinski definition) is 1. The number of rotatable bonds is 3. The number of benzene rings is 1. The van der Waals surface area contributed by atoms with Gasteiger partial charge in [0.15, 0.2) is 6.10 Å². The largest absolute Gasteiger partial charge is 0.479 e. The number of carboxylic acid groups (broad SMARTS) is 1. The van der Waals surface area contributed by atoms with Gasteiger partial charge in [0.05, 0.1) is 24.4 Å². The summed E-state index contributed by atoms with van der Waals surface area (Å²) in [4.78, 5) is 13.8. The van der Waals surface area contributed by atoms with Gasteiger partial charge in [0, 0.05) is 11.4 Å². The van der Waals surface area contributed by atoms with Gasteiger partial charge in [-0.2, -0.15) is 5.26 Å². The minimum absolute atomic E-state index is 0.266. The highest BCUT2D eigenvalue weighted by Gasteiger charge is 2.27. The molecule has 1 unspecified atom stereocenters. The summed E-state index contributed by atoms with van der Waals surface area (Å²) in [6.07, 6.45) is 1.08. The lowest BCUT2D eigenvalue weighted by molar-refractivity contribution is -0.150. The number of carbonyl (C=O) groups is 1. The Balaban J connectivity index is 2.31. The summed E-state index contributed by atoms with van der Waals surface area (Å²) < 4.78 is 5.19. The Morgan fingerprint density at radius 2 is 2.42 bits per heavy atom. The molecule has 0 radical (unpaired) electrons. The zero-order valence-corrected chi connectivity index (χ0v) is 11.3. The lowest BCUT2D eigenvalue weighted by atomic mass is 10.1. The van der Waals surface area contributed by atoms with Gasteiger partial charge in [-0.15, -0.1) is 11.8 Å². The van der Waals surface area contributed by atoms with Gasteiger partial charge in [-0.3, -0.25) is 0 Å². The second kappa shape index (κ2) is 5.95. The number of nitriles is 1. The van der Waals surface area contributed by atoms with Crippen LogP contribution in [0.3, 0.4) is 0 Å². The normalized spacial score (nSPS) is 18.9. The number of aliphatic carboxylic acids is 1. The molecule has 1 aliphatic heterocycles. The Hall–Kier alpha value is -1.71. The molecule has 1 saturated heterocycles. The summed E-state index contributed by atoms with van der Waals surface area (Å²) in [6, 6.07) is 7.83. The van der Waals surface area contributed by atoms with E-state index in [1.54, 1.807) is 0 Å². The minimum Gasteiger partial charge on any atom is -0.479 e.